The van der Waals surface area contributed by atoms with Crippen molar-refractivity contribution in [2.45, 2.75) is 31.2 Å². The van der Waals surface area contributed by atoms with Crippen LogP contribution >= 0.6 is 0 Å². The number of fused-ring (bicyclic) bond motifs is 5. The Balaban J connectivity index is 1.85. The smallest absolute Gasteiger partial charge is 0.330 e. The average Bonchev–Trinajstić information content (AvgIpc) is 2.89. The first-order valence-electron chi connectivity index (χ1n) is 5.74. The van der Waals surface area contributed by atoms with E-state index >= 15 is 0 Å². The molecule has 5 atom stereocenters. The molecule has 92 valence electrons. The van der Waals surface area contributed by atoms with E-state index in [0.717, 1.165) is 6.08 Å². The first kappa shape index (κ1) is 10.8. The van der Waals surface area contributed by atoms with E-state index in [2.05, 4.69) is 6.58 Å². The molecule has 3 saturated heterocycles. The summed E-state index contributed by atoms with van der Waals surface area (Å²) >= 11 is 0. The third kappa shape index (κ3) is 1.29. The Hall–Kier alpha value is -1.36. The number of rotatable bonds is 2. The van der Waals surface area contributed by atoms with Crippen molar-refractivity contribution >= 4 is 11.9 Å². The Morgan fingerprint density at radius 3 is 3.12 bits per heavy atom. The van der Waals surface area contributed by atoms with Crippen LogP contribution in [-0.4, -0.2) is 36.4 Å². The third-order valence-electron chi connectivity index (χ3n) is 4.11. The van der Waals surface area contributed by atoms with Gasteiger partial charge in [0.05, 0.1) is 18.6 Å². The summed E-state index contributed by atoms with van der Waals surface area (Å²) in [5, 5.41) is 0. The zero-order valence-electron chi connectivity index (χ0n) is 9.55. The molecule has 0 aliphatic carbocycles. The molecule has 5 nitrogen and oxygen atoms in total. The second kappa shape index (κ2) is 3.32. The molecule has 0 radical (unpaired) electrons. The molecule has 17 heavy (non-hydrogen) atoms. The molecular weight excluding hydrogens is 224 g/mol. The minimum atomic E-state index is -0.735. The van der Waals surface area contributed by atoms with Crippen LogP contribution in [0.1, 0.15) is 13.3 Å². The molecule has 0 amide bonds. The van der Waals surface area contributed by atoms with E-state index < -0.39 is 11.6 Å². The SMILES string of the molecule is C=CC(=O)OC1CC2OC1(C)C1C(=O)OCC21. The van der Waals surface area contributed by atoms with Gasteiger partial charge < -0.3 is 14.2 Å². The molecule has 5 heteroatoms. The average molecular weight is 238 g/mol. The number of hydrogen-bond acceptors (Lipinski definition) is 5. The van der Waals surface area contributed by atoms with Gasteiger partial charge in [-0.15, -0.1) is 0 Å². The molecule has 0 aromatic rings. The summed E-state index contributed by atoms with van der Waals surface area (Å²) in [7, 11) is 0. The van der Waals surface area contributed by atoms with E-state index in [1.54, 1.807) is 0 Å². The summed E-state index contributed by atoms with van der Waals surface area (Å²) in [6, 6.07) is 0. The predicted octanol–water partition coefficient (Wildman–Crippen LogP) is 0.435. The quantitative estimate of drug-likeness (QED) is 0.516. The van der Waals surface area contributed by atoms with E-state index in [1.165, 1.54) is 0 Å². The van der Waals surface area contributed by atoms with Gasteiger partial charge in [0.15, 0.2) is 0 Å². The number of hydrogen-bond donors (Lipinski definition) is 0. The zero-order valence-corrected chi connectivity index (χ0v) is 9.55. The van der Waals surface area contributed by atoms with Crippen molar-refractivity contribution in [3.8, 4) is 0 Å². The van der Waals surface area contributed by atoms with Crippen LogP contribution in [-0.2, 0) is 23.8 Å². The summed E-state index contributed by atoms with van der Waals surface area (Å²) < 4.78 is 16.2. The molecule has 0 N–H and O–H groups in total. The Bertz CT molecular complexity index is 404. The molecule has 0 spiro atoms. The monoisotopic (exact) mass is 238 g/mol. The normalized spacial score (nSPS) is 46.5. The van der Waals surface area contributed by atoms with Crippen molar-refractivity contribution in [1.82, 2.24) is 0 Å². The lowest BCUT2D eigenvalue weighted by atomic mass is 9.72. The number of carbonyl (C=O) groups is 2. The zero-order chi connectivity index (χ0) is 12.2. The lowest BCUT2D eigenvalue weighted by Crippen LogP contribution is -2.48. The number of ether oxygens (including phenoxy) is 3. The maximum Gasteiger partial charge on any atom is 0.330 e. The van der Waals surface area contributed by atoms with Gasteiger partial charge >= 0.3 is 11.9 Å². The highest BCUT2D eigenvalue weighted by atomic mass is 16.6. The van der Waals surface area contributed by atoms with Gasteiger partial charge in [0.2, 0.25) is 0 Å². The molecule has 0 aromatic carbocycles. The van der Waals surface area contributed by atoms with Crippen molar-refractivity contribution in [2.24, 2.45) is 11.8 Å². The minimum absolute atomic E-state index is 0.0425. The van der Waals surface area contributed by atoms with Gasteiger partial charge in [-0.25, -0.2) is 4.79 Å². The van der Waals surface area contributed by atoms with E-state index in [4.69, 9.17) is 14.2 Å². The van der Waals surface area contributed by atoms with Crippen molar-refractivity contribution in [2.75, 3.05) is 6.61 Å². The molecule has 3 aliphatic rings. The highest BCUT2D eigenvalue weighted by molar-refractivity contribution is 5.82. The second-order valence-corrected chi connectivity index (χ2v) is 4.98. The van der Waals surface area contributed by atoms with Gasteiger partial charge in [-0.1, -0.05) is 6.58 Å². The van der Waals surface area contributed by atoms with Crippen LogP contribution in [0.15, 0.2) is 12.7 Å². The van der Waals surface area contributed by atoms with Crippen molar-refractivity contribution < 1.29 is 23.8 Å². The summed E-state index contributed by atoms with van der Waals surface area (Å²) in [6.45, 7) is 5.61. The van der Waals surface area contributed by atoms with Crippen LogP contribution in [0.4, 0.5) is 0 Å². The van der Waals surface area contributed by atoms with Crippen LogP contribution in [0.3, 0.4) is 0 Å². The van der Waals surface area contributed by atoms with E-state index in [-0.39, 0.29) is 30.0 Å². The van der Waals surface area contributed by atoms with Gasteiger partial charge in [-0.05, 0) is 6.92 Å². The fourth-order valence-corrected chi connectivity index (χ4v) is 3.30. The molecular formula is C12H14O5. The second-order valence-electron chi connectivity index (χ2n) is 4.98. The van der Waals surface area contributed by atoms with Gasteiger partial charge in [0.25, 0.3) is 0 Å². The van der Waals surface area contributed by atoms with E-state index in [0.29, 0.717) is 13.0 Å². The maximum atomic E-state index is 11.7. The Labute approximate surface area is 98.7 Å². The molecule has 5 unspecified atom stereocenters. The van der Waals surface area contributed by atoms with Crippen LogP contribution in [0.2, 0.25) is 0 Å². The summed E-state index contributed by atoms with van der Waals surface area (Å²) in [4.78, 5) is 22.9. The van der Waals surface area contributed by atoms with Crippen LogP contribution in [0.5, 0.6) is 0 Å². The molecule has 0 aromatic heterocycles. The molecule has 3 heterocycles. The molecule has 3 aliphatic heterocycles. The standard InChI is InChI=1S/C12H14O5/c1-3-9(13)16-8-4-7-6-5-15-11(14)10(6)12(8,2)17-7/h3,6-8,10H,1,4-5H2,2H3. The van der Waals surface area contributed by atoms with E-state index in [1.807, 2.05) is 6.92 Å². The Kier molecular flexibility index (Phi) is 2.10. The molecule has 3 rings (SSSR count). The fourth-order valence-electron chi connectivity index (χ4n) is 3.30. The first-order chi connectivity index (χ1) is 8.06. The number of cyclic esters (lactones) is 1. The minimum Gasteiger partial charge on any atom is -0.465 e. The summed E-state index contributed by atoms with van der Waals surface area (Å²) in [5.74, 6) is -0.898. The van der Waals surface area contributed by atoms with Crippen molar-refractivity contribution in [3.63, 3.8) is 0 Å². The highest BCUT2D eigenvalue weighted by Gasteiger charge is 2.68. The third-order valence-corrected chi connectivity index (χ3v) is 4.11. The van der Waals surface area contributed by atoms with Gasteiger partial charge in [0, 0.05) is 18.4 Å². The summed E-state index contributed by atoms with van der Waals surface area (Å²) in [6.07, 6.45) is 1.33. The van der Waals surface area contributed by atoms with Gasteiger partial charge in [-0.2, -0.15) is 0 Å². The lowest BCUT2D eigenvalue weighted by Gasteiger charge is -2.32. The predicted molar refractivity (Wildman–Crippen MR) is 55.9 cm³/mol. The molecule has 0 saturated carbocycles. The first-order valence-corrected chi connectivity index (χ1v) is 5.74. The van der Waals surface area contributed by atoms with Crippen LogP contribution in [0.25, 0.3) is 0 Å². The Morgan fingerprint density at radius 1 is 1.65 bits per heavy atom. The maximum absolute atomic E-state index is 11.7. The highest BCUT2D eigenvalue weighted by Crippen LogP contribution is 2.54. The topological polar surface area (TPSA) is 61.8 Å². The summed E-state index contributed by atoms with van der Waals surface area (Å²) in [5.41, 5.74) is -0.735. The Morgan fingerprint density at radius 2 is 2.41 bits per heavy atom. The molecule has 2 bridgehead atoms. The van der Waals surface area contributed by atoms with Crippen LogP contribution in [0, 0.1) is 11.8 Å². The van der Waals surface area contributed by atoms with Crippen molar-refractivity contribution in [3.05, 3.63) is 12.7 Å². The van der Waals surface area contributed by atoms with Crippen molar-refractivity contribution in [1.29, 1.82) is 0 Å². The number of carbonyl (C=O) groups excluding carboxylic acids is 2. The number of esters is 2. The largest absolute Gasteiger partial charge is 0.465 e. The van der Waals surface area contributed by atoms with Gasteiger partial charge in [-0.3, -0.25) is 4.79 Å². The molecule has 3 fully saturated rings. The van der Waals surface area contributed by atoms with Crippen LogP contribution < -0.4 is 0 Å². The lowest BCUT2D eigenvalue weighted by molar-refractivity contribution is -0.162. The van der Waals surface area contributed by atoms with Gasteiger partial charge in [0.1, 0.15) is 11.7 Å². The fraction of sp³-hybridized carbons (Fsp3) is 0.667. The van der Waals surface area contributed by atoms with E-state index in [9.17, 15) is 9.59 Å².